The van der Waals surface area contributed by atoms with E-state index in [4.69, 9.17) is 4.74 Å². The van der Waals surface area contributed by atoms with Gasteiger partial charge in [0.1, 0.15) is 17.1 Å². The van der Waals surface area contributed by atoms with E-state index >= 15 is 0 Å². The fourth-order valence-corrected chi connectivity index (χ4v) is 3.83. The molecule has 3 heterocycles. The van der Waals surface area contributed by atoms with Crippen LogP contribution in [0.25, 0.3) is 17.2 Å². The van der Waals surface area contributed by atoms with E-state index in [0.717, 1.165) is 5.69 Å². The van der Waals surface area contributed by atoms with Crippen molar-refractivity contribution in [3.63, 3.8) is 0 Å². The van der Waals surface area contributed by atoms with Gasteiger partial charge in [0.25, 0.3) is 6.43 Å². The Morgan fingerprint density at radius 1 is 1.13 bits per heavy atom. The maximum atomic E-state index is 13.3. The fourth-order valence-electron chi connectivity index (χ4n) is 2.90. The molecule has 1 aromatic carbocycles. The molecule has 0 atom stereocenters. The Morgan fingerprint density at radius 3 is 2.60 bits per heavy atom. The molecule has 0 fully saturated rings. The molecule has 0 radical (unpaired) electrons. The largest absolute Gasteiger partial charge is 0.497 e. The first kappa shape index (κ1) is 20.0. The molecule has 4 rings (SSSR count). The minimum Gasteiger partial charge on any atom is -0.497 e. The Balaban J connectivity index is 1.72. The average molecular weight is 429 g/mol. The third-order valence-electron chi connectivity index (χ3n) is 4.26. The highest BCUT2D eigenvalue weighted by molar-refractivity contribution is 7.98. The number of halogens is 2. The third kappa shape index (κ3) is 4.01. The molecule has 4 aromatic rings. The standard InChI is InChI=1S/C19H17F2N7OS/c1-27-10-12(16(26-27)17(20)21)11-30-19-25-24-18(15-9-22-7-8-23-15)28(19)13-3-5-14(29-2)6-4-13/h3-10,17H,11H2,1-2H3. The van der Waals surface area contributed by atoms with Crippen LogP contribution in [0.15, 0.2) is 54.2 Å². The summed E-state index contributed by atoms with van der Waals surface area (Å²) in [6, 6.07) is 7.36. The van der Waals surface area contributed by atoms with Gasteiger partial charge in [0, 0.05) is 37.0 Å². The smallest absolute Gasteiger partial charge is 0.282 e. The van der Waals surface area contributed by atoms with Crippen molar-refractivity contribution in [3.05, 3.63) is 60.3 Å². The summed E-state index contributed by atoms with van der Waals surface area (Å²) in [5.74, 6) is 1.47. The van der Waals surface area contributed by atoms with Gasteiger partial charge in [-0.1, -0.05) is 11.8 Å². The lowest BCUT2D eigenvalue weighted by Crippen LogP contribution is -2.01. The predicted molar refractivity (Wildman–Crippen MR) is 107 cm³/mol. The first-order valence-corrected chi connectivity index (χ1v) is 9.85. The summed E-state index contributed by atoms with van der Waals surface area (Å²) in [5.41, 5.74) is 1.55. The van der Waals surface area contributed by atoms with Crippen molar-refractivity contribution in [1.29, 1.82) is 0 Å². The molecule has 30 heavy (non-hydrogen) atoms. The molecule has 0 N–H and O–H groups in total. The highest BCUT2D eigenvalue weighted by Gasteiger charge is 2.21. The number of ether oxygens (including phenoxy) is 1. The summed E-state index contributed by atoms with van der Waals surface area (Å²) < 4.78 is 34.9. The molecule has 0 saturated heterocycles. The predicted octanol–water partition coefficient (Wildman–Crippen LogP) is 3.70. The summed E-state index contributed by atoms with van der Waals surface area (Å²) in [6.07, 6.45) is 3.68. The molecular formula is C19H17F2N7OS. The number of alkyl halides is 2. The van der Waals surface area contributed by atoms with Crippen molar-refractivity contribution in [1.82, 2.24) is 34.5 Å². The van der Waals surface area contributed by atoms with Gasteiger partial charge < -0.3 is 4.74 Å². The van der Waals surface area contributed by atoms with Crippen molar-refractivity contribution >= 4 is 11.8 Å². The van der Waals surface area contributed by atoms with Crippen molar-refractivity contribution in [3.8, 4) is 23.0 Å². The topological polar surface area (TPSA) is 83.5 Å². The Kier molecular flexibility index (Phi) is 5.70. The maximum Gasteiger partial charge on any atom is 0.282 e. The number of aryl methyl sites for hydroxylation is 1. The lowest BCUT2D eigenvalue weighted by atomic mass is 10.3. The zero-order valence-electron chi connectivity index (χ0n) is 16.1. The van der Waals surface area contributed by atoms with Crippen molar-refractivity contribution in [2.45, 2.75) is 17.3 Å². The molecule has 0 spiro atoms. The normalized spacial score (nSPS) is 11.2. The average Bonchev–Trinajstić information content (AvgIpc) is 3.36. The van der Waals surface area contributed by atoms with Crippen LogP contribution in [-0.4, -0.2) is 41.6 Å². The van der Waals surface area contributed by atoms with Crippen LogP contribution in [0.4, 0.5) is 8.78 Å². The maximum absolute atomic E-state index is 13.3. The summed E-state index contributed by atoms with van der Waals surface area (Å²) in [6.45, 7) is 0. The molecule has 0 unspecified atom stereocenters. The molecule has 11 heteroatoms. The van der Waals surface area contributed by atoms with E-state index in [1.54, 1.807) is 38.9 Å². The fraction of sp³-hybridized carbons (Fsp3) is 0.211. The second-order valence-electron chi connectivity index (χ2n) is 6.23. The quantitative estimate of drug-likeness (QED) is 0.414. The zero-order valence-corrected chi connectivity index (χ0v) is 16.9. The number of nitrogens with zero attached hydrogens (tertiary/aromatic N) is 7. The Hall–Kier alpha value is -3.34. The van der Waals surface area contributed by atoms with E-state index in [1.807, 2.05) is 28.8 Å². The first-order valence-electron chi connectivity index (χ1n) is 8.86. The van der Waals surface area contributed by atoms with Gasteiger partial charge in [0.15, 0.2) is 11.0 Å². The van der Waals surface area contributed by atoms with Gasteiger partial charge in [-0.25, -0.2) is 13.8 Å². The SMILES string of the molecule is COc1ccc(-n2c(SCc3cn(C)nc3C(F)F)nnc2-c2cnccn2)cc1. The van der Waals surface area contributed by atoms with Crippen LogP contribution in [0.3, 0.4) is 0 Å². The van der Waals surface area contributed by atoms with Crippen molar-refractivity contribution in [2.24, 2.45) is 7.05 Å². The molecule has 0 bridgehead atoms. The number of aromatic nitrogens is 7. The summed E-state index contributed by atoms with van der Waals surface area (Å²) in [4.78, 5) is 8.40. The molecule has 0 aliphatic heterocycles. The molecule has 0 amide bonds. The van der Waals surface area contributed by atoms with Gasteiger partial charge in [-0.3, -0.25) is 14.2 Å². The number of hydrogen-bond acceptors (Lipinski definition) is 7. The number of hydrogen-bond donors (Lipinski definition) is 0. The minimum atomic E-state index is -2.64. The summed E-state index contributed by atoms with van der Waals surface area (Å²) in [5, 5.41) is 12.9. The van der Waals surface area contributed by atoms with Crippen LogP contribution >= 0.6 is 11.8 Å². The van der Waals surface area contributed by atoms with Crippen LogP contribution in [0, 0.1) is 0 Å². The van der Waals surface area contributed by atoms with Crippen LogP contribution in [0.1, 0.15) is 17.7 Å². The number of benzene rings is 1. The van der Waals surface area contributed by atoms with Gasteiger partial charge in [-0.2, -0.15) is 5.10 Å². The van der Waals surface area contributed by atoms with Gasteiger partial charge >= 0.3 is 0 Å². The Bertz CT molecular complexity index is 1130. The monoisotopic (exact) mass is 429 g/mol. The second-order valence-corrected chi connectivity index (χ2v) is 7.18. The van der Waals surface area contributed by atoms with E-state index in [0.29, 0.717) is 28.0 Å². The highest BCUT2D eigenvalue weighted by Crippen LogP contribution is 2.31. The van der Waals surface area contributed by atoms with E-state index in [1.165, 1.54) is 16.4 Å². The van der Waals surface area contributed by atoms with Crippen LogP contribution < -0.4 is 4.74 Å². The molecule has 0 aliphatic carbocycles. The minimum absolute atomic E-state index is 0.227. The summed E-state index contributed by atoms with van der Waals surface area (Å²) >= 11 is 1.29. The van der Waals surface area contributed by atoms with Crippen LogP contribution in [-0.2, 0) is 12.8 Å². The third-order valence-corrected chi connectivity index (χ3v) is 5.23. The highest BCUT2D eigenvalue weighted by atomic mass is 32.2. The molecular weight excluding hydrogens is 412 g/mol. The molecule has 8 nitrogen and oxygen atoms in total. The molecule has 3 aromatic heterocycles. The number of methoxy groups -OCH3 is 1. The zero-order chi connectivity index (χ0) is 21.1. The molecule has 0 aliphatic rings. The summed E-state index contributed by atoms with van der Waals surface area (Å²) in [7, 11) is 3.21. The van der Waals surface area contributed by atoms with Gasteiger partial charge in [-0.15, -0.1) is 10.2 Å². The number of rotatable bonds is 7. The lowest BCUT2D eigenvalue weighted by molar-refractivity contribution is 0.144. The van der Waals surface area contributed by atoms with Gasteiger partial charge in [0.05, 0.1) is 19.0 Å². The van der Waals surface area contributed by atoms with E-state index in [2.05, 4.69) is 25.3 Å². The number of thioether (sulfide) groups is 1. The van der Waals surface area contributed by atoms with Gasteiger partial charge in [0.2, 0.25) is 0 Å². The molecule has 0 saturated carbocycles. The van der Waals surface area contributed by atoms with E-state index < -0.39 is 6.43 Å². The van der Waals surface area contributed by atoms with Crippen molar-refractivity contribution in [2.75, 3.05) is 7.11 Å². The molecule has 154 valence electrons. The Labute approximate surface area is 175 Å². The van der Waals surface area contributed by atoms with Crippen LogP contribution in [0.5, 0.6) is 5.75 Å². The second kappa shape index (κ2) is 8.57. The van der Waals surface area contributed by atoms with E-state index in [-0.39, 0.29) is 11.4 Å². The van der Waals surface area contributed by atoms with Gasteiger partial charge in [-0.05, 0) is 24.3 Å². The van der Waals surface area contributed by atoms with Crippen molar-refractivity contribution < 1.29 is 13.5 Å². The lowest BCUT2D eigenvalue weighted by Gasteiger charge is -2.10. The van der Waals surface area contributed by atoms with Crippen LogP contribution in [0.2, 0.25) is 0 Å². The van der Waals surface area contributed by atoms with E-state index in [9.17, 15) is 8.78 Å². The first-order chi connectivity index (χ1) is 14.6. The Morgan fingerprint density at radius 2 is 1.93 bits per heavy atom.